The lowest BCUT2D eigenvalue weighted by atomic mass is 10.2. The van der Waals surface area contributed by atoms with E-state index in [-0.39, 0.29) is 0 Å². The van der Waals surface area contributed by atoms with Crippen LogP contribution in [0.15, 0.2) is 33.8 Å². The number of methoxy groups -OCH3 is 1. The molecule has 0 radical (unpaired) electrons. The molecule has 118 valence electrons. The molecule has 2 N–H and O–H groups in total. The Morgan fingerprint density at radius 3 is 2.83 bits per heavy atom. The van der Waals surface area contributed by atoms with Crippen molar-refractivity contribution < 1.29 is 4.74 Å². The second-order valence-electron chi connectivity index (χ2n) is 4.73. The van der Waals surface area contributed by atoms with Gasteiger partial charge < -0.3 is 4.74 Å². The first kappa shape index (κ1) is 15.6. The number of benzene rings is 1. The molecule has 7 nitrogen and oxygen atoms in total. The van der Waals surface area contributed by atoms with E-state index >= 15 is 0 Å². The maximum Gasteiger partial charge on any atom is 0.216 e. The van der Waals surface area contributed by atoms with E-state index in [4.69, 9.17) is 17.0 Å². The molecule has 0 fully saturated rings. The molecule has 0 aliphatic heterocycles. The van der Waals surface area contributed by atoms with Crippen molar-refractivity contribution in [2.75, 3.05) is 7.11 Å². The Morgan fingerprint density at radius 2 is 2.13 bits per heavy atom. The van der Waals surface area contributed by atoms with Gasteiger partial charge in [-0.2, -0.15) is 20.0 Å². The Kier molecular flexibility index (Phi) is 4.39. The first-order chi connectivity index (χ1) is 11.1. The van der Waals surface area contributed by atoms with Gasteiger partial charge >= 0.3 is 0 Å². The number of halogens is 1. The largest absolute Gasteiger partial charge is 0.496 e. The van der Waals surface area contributed by atoms with Crippen LogP contribution in [0.5, 0.6) is 5.75 Å². The summed E-state index contributed by atoms with van der Waals surface area (Å²) in [5.74, 6) is 1.24. The van der Waals surface area contributed by atoms with Crippen LogP contribution in [0.2, 0.25) is 0 Å². The van der Waals surface area contributed by atoms with Crippen LogP contribution in [0.3, 0.4) is 0 Å². The smallest absolute Gasteiger partial charge is 0.216 e. The van der Waals surface area contributed by atoms with Gasteiger partial charge in [0.25, 0.3) is 0 Å². The maximum absolute atomic E-state index is 5.33. The average Bonchev–Trinajstić information content (AvgIpc) is 3.11. The average molecular weight is 393 g/mol. The molecular formula is C14H13BrN6OS. The Hall–Kier alpha value is -2.26. The normalized spacial score (nSPS) is 11.3. The third-order valence-electron chi connectivity index (χ3n) is 3.09. The molecule has 2 heterocycles. The van der Waals surface area contributed by atoms with Gasteiger partial charge in [0.1, 0.15) is 11.4 Å². The highest BCUT2D eigenvalue weighted by Gasteiger charge is 2.11. The highest BCUT2D eigenvalue weighted by atomic mass is 79.9. The summed E-state index contributed by atoms with van der Waals surface area (Å²) < 4.78 is 8.16. The molecule has 3 aromatic rings. The molecule has 0 aliphatic carbocycles. The lowest BCUT2D eigenvalue weighted by Gasteiger charge is -2.04. The predicted octanol–water partition coefficient (Wildman–Crippen LogP) is 3.29. The van der Waals surface area contributed by atoms with Crippen molar-refractivity contribution >= 4 is 34.4 Å². The van der Waals surface area contributed by atoms with Crippen molar-refractivity contribution in [2.45, 2.75) is 6.92 Å². The molecule has 0 saturated carbocycles. The van der Waals surface area contributed by atoms with Crippen LogP contribution in [0.25, 0.3) is 11.5 Å². The SMILES string of the molecule is COc1ccc(Br)cc1/C=N\n1c(-c2cc(C)[nH]n2)n[nH]c1=S. The first-order valence-electron chi connectivity index (χ1n) is 6.66. The van der Waals surface area contributed by atoms with Gasteiger partial charge in [0.2, 0.25) is 10.6 Å². The molecule has 0 bridgehead atoms. The molecule has 1 aromatic carbocycles. The van der Waals surface area contributed by atoms with Crippen molar-refractivity contribution in [2.24, 2.45) is 5.10 Å². The minimum Gasteiger partial charge on any atom is -0.496 e. The minimum absolute atomic E-state index is 0.380. The van der Waals surface area contributed by atoms with E-state index in [1.54, 1.807) is 13.3 Å². The number of aromatic nitrogens is 5. The number of nitrogens with zero attached hydrogens (tertiary/aromatic N) is 4. The van der Waals surface area contributed by atoms with Gasteiger partial charge in [0, 0.05) is 15.7 Å². The second kappa shape index (κ2) is 6.47. The molecule has 0 aliphatic rings. The number of aromatic amines is 2. The number of hydrogen-bond acceptors (Lipinski definition) is 5. The summed E-state index contributed by atoms with van der Waals surface area (Å²) in [7, 11) is 1.61. The second-order valence-corrected chi connectivity index (χ2v) is 6.03. The van der Waals surface area contributed by atoms with Gasteiger partial charge in [-0.25, -0.2) is 5.10 Å². The monoisotopic (exact) mass is 392 g/mol. The number of rotatable bonds is 4. The lowest BCUT2D eigenvalue weighted by molar-refractivity contribution is 0.414. The topological polar surface area (TPSA) is 83.9 Å². The van der Waals surface area contributed by atoms with Crippen molar-refractivity contribution in [3.05, 3.63) is 44.8 Å². The number of H-pyrrole nitrogens is 2. The Morgan fingerprint density at radius 1 is 1.30 bits per heavy atom. The fourth-order valence-corrected chi connectivity index (χ4v) is 2.58. The van der Waals surface area contributed by atoms with Crippen LogP contribution in [-0.4, -0.2) is 38.4 Å². The van der Waals surface area contributed by atoms with E-state index in [0.717, 1.165) is 15.7 Å². The number of nitrogens with one attached hydrogen (secondary N) is 2. The van der Waals surface area contributed by atoms with Crippen LogP contribution in [-0.2, 0) is 0 Å². The quantitative estimate of drug-likeness (QED) is 0.526. The zero-order valence-corrected chi connectivity index (χ0v) is 14.8. The van der Waals surface area contributed by atoms with Gasteiger partial charge in [0.15, 0.2) is 0 Å². The summed E-state index contributed by atoms with van der Waals surface area (Å²) in [5, 5.41) is 18.4. The van der Waals surface area contributed by atoms with E-state index in [1.807, 2.05) is 31.2 Å². The lowest BCUT2D eigenvalue weighted by Crippen LogP contribution is -1.97. The summed E-state index contributed by atoms with van der Waals surface area (Å²) in [4.78, 5) is 0. The van der Waals surface area contributed by atoms with Gasteiger partial charge in [0.05, 0.1) is 13.3 Å². The van der Waals surface area contributed by atoms with Gasteiger partial charge in [-0.05, 0) is 43.4 Å². The third kappa shape index (κ3) is 3.25. The van der Waals surface area contributed by atoms with Gasteiger partial charge in [-0.3, -0.25) is 5.10 Å². The molecule has 9 heteroatoms. The summed E-state index contributed by atoms with van der Waals surface area (Å²) in [5.41, 5.74) is 2.40. The van der Waals surface area contributed by atoms with E-state index in [0.29, 0.717) is 22.0 Å². The standard InChI is InChI=1S/C14H13BrN6OS/c1-8-5-11(18-17-8)13-19-20-14(23)21(13)16-7-9-6-10(15)3-4-12(9)22-2/h3-7H,1-2H3,(H,17,18)(H,20,23)/b16-7-. The number of ether oxygens (including phenoxy) is 1. The van der Waals surface area contributed by atoms with Crippen LogP contribution < -0.4 is 4.74 Å². The highest BCUT2D eigenvalue weighted by molar-refractivity contribution is 9.10. The zero-order valence-electron chi connectivity index (χ0n) is 12.4. The van der Waals surface area contributed by atoms with Crippen LogP contribution in [0.1, 0.15) is 11.3 Å². The minimum atomic E-state index is 0.380. The molecule has 0 spiro atoms. The number of aryl methyl sites for hydroxylation is 1. The van der Waals surface area contributed by atoms with E-state index in [9.17, 15) is 0 Å². The molecule has 0 atom stereocenters. The first-order valence-corrected chi connectivity index (χ1v) is 7.86. The summed E-state index contributed by atoms with van der Waals surface area (Å²) >= 11 is 8.67. The zero-order chi connectivity index (χ0) is 16.4. The molecular weight excluding hydrogens is 380 g/mol. The van der Waals surface area contributed by atoms with E-state index < -0.39 is 0 Å². The van der Waals surface area contributed by atoms with Crippen molar-refractivity contribution in [3.63, 3.8) is 0 Å². The van der Waals surface area contributed by atoms with Crippen molar-refractivity contribution in [1.82, 2.24) is 25.1 Å². The van der Waals surface area contributed by atoms with Crippen molar-refractivity contribution in [1.29, 1.82) is 0 Å². The van der Waals surface area contributed by atoms with E-state index in [1.165, 1.54) is 4.68 Å². The Balaban J connectivity index is 2.02. The summed E-state index contributed by atoms with van der Waals surface area (Å²) in [6.07, 6.45) is 1.66. The maximum atomic E-state index is 5.33. The Labute approximate surface area is 145 Å². The van der Waals surface area contributed by atoms with Gasteiger partial charge in [-0.1, -0.05) is 15.9 Å². The van der Waals surface area contributed by atoms with Crippen LogP contribution in [0, 0.1) is 11.7 Å². The van der Waals surface area contributed by atoms with E-state index in [2.05, 4.69) is 41.4 Å². The molecule has 2 aromatic heterocycles. The number of hydrogen-bond donors (Lipinski definition) is 2. The third-order valence-corrected chi connectivity index (χ3v) is 3.85. The highest BCUT2D eigenvalue weighted by Crippen LogP contribution is 2.22. The summed E-state index contributed by atoms with van der Waals surface area (Å²) in [6, 6.07) is 7.54. The fourth-order valence-electron chi connectivity index (χ4n) is 2.02. The molecule has 0 unspecified atom stereocenters. The Bertz CT molecular complexity index is 925. The summed E-state index contributed by atoms with van der Waals surface area (Å²) in [6.45, 7) is 1.91. The molecule has 0 amide bonds. The molecule has 3 rings (SSSR count). The van der Waals surface area contributed by atoms with Crippen LogP contribution >= 0.6 is 28.1 Å². The molecule has 0 saturated heterocycles. The fraction of sp³-hybridized carbons (Fsp3) is 0.143. The van der Waals surface area contributed by atoms with Gasteiger partial charge in [-0.15, -0.1) is 0 Å². The van der Waals surface area contributed by atoms with Crippen LogP contribution in [0.4, 0.5) is 0 Å². The molecule has 23 heavy (non-hydrogen) atoms. The predicted molar refractivity (Wildman–Crippen MR) is 93.4 cm³/mol. The van der Waals surface area contributed by atoms with Crippen molar-refractivity contribution in [3.8, 4) is 17.3 Å².